The predicted octanol–water partition coefficient (Wildman–Crippen LogP) is 2.04. The van der Waals surface area contributed by atoms with E-state index < -0.39 is 10.0 Å². The molecule has 2 aliphatic rings. The zero-order valence-electron chi connectivity index (χ0n) is 12.7. The maximum Gasteiger partial charge on any atom is 0.243 e. The van der Waals surface area contributed by atoms with Gasteiger partial charge in [-0.15, -0.1) is 0 Å². The summed E-state index contributed by atoms with van der Waals surface area (Å²) in [6.07, 6.45) is 1.06. The summed E-state index contributed by atoms with van der Waals surface area (Å²) in [5, 5.41) is 3.34. The van der Waals surface area contributed by atoms with Gasteiger partial charge in [-0.05, 0) is 55.0 Å². The standard InChI is InChI=1S/C16H24N2O2S/c1-3-12(2)13-4-6-16(7-5-13)21(19,20)18-10-14-8-17-9-15(14)11-18/h4-7,12,14-15,17H,3,8-11H2,1-2H3. The fourth-order valence-electron chi connectivity index (χ4n) is 3.36. The highest BCUT2D eigenvalue weighted by Crippen LogP contribution is 2.31. The zero-order chi connectivity index (χ0) is 15.0. The molecular weight excluding hydrogens is 284 g/mol. The average molecular weight is 308 g/mol. The zero-order valence-corrected chi connectivity index (χ0v) is 13.6. The molecule has 2 heterocycles. The lowest BCUT2D eigenvalue weighted by molar-refractivity contribution is 0.448. The Balaban J connectivity index is 1.79. The Morgan fingerprint density at radius 2 is 1.76 bits per heavy atom. The molecule has 0 bridgehead atoms. The van der Waals surface area contributed by atoms with Crippen LogP contribution < -0.4 is 5.32 Å². The summed E-state index contributed by atoms with van der Waals surface area (Å²) in [4.78, 5) is 0.433. The topological polar surface area (TPSA) is 49.4 Å². The summed E-state index contributed by atoms with van der Waals surface area (Å²) in [5.74, 6) is 1.44. The van der Waals surface area contributed by atoms with Gasteiger partial charge in [0.25, 0.3) is 0 Å². The van der Waals surface area contributed by atoms with Crippen LogP contribution in [0.15, 0.2) is 29.2 Å². The molecular formula is C16H24N2O2S. The molecule has 21 heavy (non-hydrogen) atoms. The number of sulfonamides is 1. The first-order valence-electron chi connectivity index (χ1n) is 7.83. The third-order valence-electron chi connectivity index (χ3n) is 5.06. The largest absolute Gasteiger partial charge is 0.316 e. The van der Waals surface area contributed by atoms with Crippen molar-refractivity contribution in [1.82, 2.24) is 9.62 Å². The summed E-state index contributed by atoms with van der Waals surface area (Å²) >= 11 is 0. The van der Waals surface area contributed by atoms with E-state index in [-0.39, 0.29) is 0 Å². The molecule has 1 aromatic carbocycles. The number of nitrogens with zero attached hydrogens (tertiary/aromatic N) is 1. The first kappa shape index (κ1) is 15.0. The third kappa shape index (κ3) is 2.74. The van der Waals surface area contributed by atoms with Crippen LogP contribution in [0.3, 0.4) is 0 Å². The van der Waals surface area contributed by atoms with Crippen LogP contribution in [0.2, 0.25) is 0 Å². The highest BCUT2D eigenvalue weighted by Gasteiger charge is 2.41. The molecule has 2 saturated heterocycles. The maximum atomic E-state index is 12.7. The summed E-state index contributed by atoms with van der Waals surface area (Å²) in [6, 6.07) is 7.45. The Morgan fingerprint density at radius 3 is 2.29 bits per heavy atom. The molecule has 116 valence electrons. The van der Waals surface area contributed by atoms with Gasteiger partial charge in [0.2, 0.25) is 10.0 Å². The van der Waals surface area contributed by atoms with Crippen molar-refractivity contribution in [3.05, 3.63) is 29.8 Å². The average Bonchev–Trinajstić information content (AvgIpc) is 3.08. The van der Waals surface area contributed by atoms with Crippen LogP contribution in [0.4, 0.5) is 0 Å². The van der Waals surface area contributed by atoms with Gasteiger partial charge in [0.15, 0.2) is 0 Å². The van der Waals surface area contributed by atoms with E-state index in [4.69, 9.17) is 0 Å². The first-order valence-corrected chi connectivity index (χ1v) is 9.27. The molecule has 2 fully saturated rings. The fourth-order valence-corrected chi connectivity index (χ4v) is 4.92. The molecule has 5 heteroatoms. The quantitative estimate of drug-likeness (QED) is 0.926. The Labute approximate surface area is 127 Å². The lowest BCUT2D eigenvalue weighted by Crippen LogP contribution is -2.31. The molecule has 1 aromatic rings. The van der Waals surface area contributed by atoms with E-state index in [1.54, 1.807) is 16.4 Å². The molecule has 0 saturated carbocycles. The number of rotatable bonds is 4. The van der Waals surface area contributed by atoms with Crippen LogP contribution in [0.1, 0.15) is 31.7 Å². The second-order valence-electron chi connectivity index (χ2n) is 6.38. The van der Waals surface area contributed by atoms with Gasteiger partial charge in [-0.25, -0.2) is 8.42 Å². The van der Waals surface area contributed by atoms with Crippen molar-refractivity contribution >= 4 is 10.0 Å². The number of hydrogen-bond donors (Lipinski definition) is 1. The Hall–Kier alpha value is -0.910. The lowest BCUT2D eigenvalue weighted by atomic mass is 9.99. The van der Waals surface area contributed by atoms with E-state index in [0.29, 0.717) is 35.7 Å². The number of nitrogens with one attached hydrogen (secondary N) is 1. The van der Waals surface area contributed by atoms with Crippen molar-refractivity contribution in [2.45, 2.75) is 31.1 Å². The van der Waals surface area contributed by atoms with Crippen molar-refractivity contribution < 1.29 is 8.42 Å². The highest BCUT2D eigenvalue weighted by atomic mass is 32.2. The van der Waals surface area contributed by atoms with E-state index >= 15 is 0 Å². The van der Waals surface area contributed by atoms with Gasteiger partial charge in [0, 0.05) is 13.1 Å². The summed E-state index contributed by atoms with van der Waals surface area (Å²) in [6.45, 7) is 7.53. The monoisotopic (exact) mass is 308 g/mol. The normalized spacial score (nSPS) is 27.7. The van der Waals surface area contributed by atoms with Crippen LogP contribution in [-0.2, 0) is 10.0 Å². The van der Waals surface area contributed by atoms with Gasteiger partial charge in [0.1, 0.15) is 0 Å². The van der Waals surface area contributed by atoms with Gasteiger partial charge in [0.05, 0.1) is 4.90 Å². The van der Waals surface area contributed by atoms with Gasteiger partial charge in [-0.1, -0.05) is 26.0 Å². The van der Waals surface area contributed by atoms with Crippen molar-refractivity contribution in [3.63, 3.8) is 0 Å². The van der Waals surface area contributed by atoms with E-state index in [1.807, 2.05) is 12.1 Å². The molecule has 0 amide bonds. The maximum absolute atomic E-state index is 12.7. The van der Waals surface area contributed by atoms with Crippen molar-refractivity contribution in [2.24, 2.45) is 11.8 Å². The van der Waals surface area contributed by atoms with E-state index in [9.17, 15) is 8.42 Å². The minimum atomic E-state index is -3.32. The van der Waals surface area contributed by atoms with Gasteiger partial charge >= 0.3 is 0 Å². The molecule has 3 atom stereocenters. The first-order chi connectivity index (χ1) is 10.0. The molecule has 0 spiro atoms. The molecule has 3 rings (SSSR count). The number of fused-ring (bicyclic) bond motifs is 1. The molecule has 1 N–H and O–H groups in total. The molecule has 0 radical (unpaired) electrons. The molecule has 4 nitrogen and oxygen atoms in total. The Morgan fingerprint density at radius 1 is 1.19 bits per heavy atom. The third-order valence-corrected chi connectivity index (χ3v) is 6.90. The summed E-state index contributed by atoms with van der Waals surface area (Å²) in [5.41, 5.74) is 1.21. The SMILES string of the molecule is CCC(C)c1ccc(S(=O)(=O)N2CC3CNCC3C2)cc1. The minimum absolute atomic E-state index is 0.433. The lowest BCUT2D eigenvalue weighted by Gasteiger charge is -2.18. The van der Waals surface area contributed by atoms with Crippen molar-refractivity contribution in [1.29, 1.82) is 0 Å². The smallest absolute Gasteiger partial charge is 0.243 e. The van der Waals surface area contributed by atoms with Gasteiger partial charge in [-0.2, -0.15) is 4.31 Å². The number of hydrogen-bond acceptors (Lipinski definition) is 3. The van der Waals surface area contributed by atoms with Crippen LogP contribution in [0, 0.1) is 11.8 Å². The van der Waals surface area contributed by atoms with Crippen LogP contribution in [-0.4, -0.2) is 38.9 Å². The van der Waals surface area contributed by atoms with E-state index in [2.05, 4.69) is 19.2 Å². The number of benzene rings is 1. The van der Waals surface area contributed by atoms with Crippen LogP contribution >= 0.6 is 0 Å². The minimum Gasteiger partial charge on any atom is -0.316 e. The van der Waals surface area contributed by atoms with E-state index in [1.165, 1.54) is 5.56 Å². The Kier molecular flexibility index (Phi) is 4.08. The van der Waals surface area contributed by atoms with Crippen LogP contribution in [0.25, 0.3) is 0 Å². The molecule has 3 unspecified atom stereocenters. The second kappa shape index (κ2) is 5.71. The fraction of sp³-hybridized carbons (Fsp3) is 0.625. The summed E-state index contributed by atoms with van der Waals surface area (Å²) < 4.78 is 27.1. The molecule has 0 aromatic heterocycles. The van der Waals surface area contributed by atoms with Gasteiger partial charge in [-0.3, -0.25) is 0 Å². The van der Waals surface area contributed by atoms with Crippen LogP contribution in [0.5, 0.6) is 0 Å². The molecule has 2 aliphatic heterocycles. The predicted molar refractivity (Wildman–Crippen MR) is 83.8 cm³/mol. The second-order valence-corrected chi connectivity index (χ2v) is 8.32. The van der Waals surface area contributed by atoms with E-state index in [0.717, 1.165) is 19.5 Å². The summed E-state index contributed by atoms with van der Waals surface area (Å²) in [7, 11) is -3.32. The highest BCUT2D eigenvalue weighted by molar-refractivity contribution is 7.89. The Bertz CT molecular complexity index is 585. The van der Waals surface area contributed by atoms with Gasteiger partial charge < -0.3 is 5.32 Å². The van der Waals surface area contributed by atoms with Crippen molar-refractivity contribution in [3.8, 4) is 0 Å². The molecule has 0 aliphatic carbocycles. The van der Waals surface area contributed by atoms with Crippen molar-refractivity contribution in [2.75, 3.05) is 26.2 Å².